The maximum absolute atomic E-state index is 13.0. The van der Waals surface area contributed by atoms with Gasteiger partial charge in [-0.15, -0.1) is 0 Å². The van der Waals surface area contributed by atoms with Crippen LogP contribution in [0.25, 0.3) is 5.69 Å². The summed E-state index contributed by atoms with van der Waals surface area (Å²) in [6, 6.07) is 13.9. The molecule has 2 atom stereocenters. The number of likely N-dealkylation sites (tertiary alicyclic amines) is 1. The number of carbonyl (C=O) groups excluding carboxylic acids is 3. The second-order valence-electron chi connectivity index (χ2n) is 10.7. The normalized spacial score (nSPS) is 21.7. The Bertz CT molecular complexity index is 1400. The highest BCUT2D eigenvalue weighted by atomic mass is 16.5. The fourth-order valence-electron chi connectivity index (χ4n) is 5.94. The molecule has 0 bridgehead atoms. The van der Waals surface area contributed by atoms with E-state index in [2.05, 4.69) is 44.0 Å². The third-order valence-corrected chi connectivity index (χ3v) is 8.11. The smallest absolute Gasteiger partial charge is 0.255 e. The third-order valence-electron chi connectivity index (χ3n) is 8.11. The van der Waals surface area contributed by atoms with E-state index in [-0.39, 0.29) is 18.2 Å². The molecule has 0 spiro atoms. The van der Waals surface area contributed by atoms with Crippen molar-refractivity contribution in [2.75, 3.05) is 13.2 Å². The summed E-state index contributed by atoms with van der Waals surface area (Å²) < 4.78 is 8.34. The van der Waals surface area contributed by atoms with Gasteiger partial charge in [0.15, 0.2) is 0 Å². The quantitative estimate of drug-likeness (QED) is 0.474. The van der Waals surface area contributed by atoms with Crippen LogP contribution in [0.15, 0.2) is 54.9 Å². The van der Waals surface area contributed by atoms with Crippen molar-refractivity contribution in [2.24, 2.45) is 0 Å². The third kappa shape index (κ3) is 5.18. The summed E-state index contributed by atoms with van der Waals surface area (Å²) in [6.07, 6.45) is 7.84. The molecular weight excluding hydrogens is 494 g/mol. The number of amides is 3. The van der Waals surface area contributed by atoms with Crippen LogP contribution >= 0.6 is 0 Å². The molecule has 0 radical (unpaired) electrons. The zero-order valence-electron chi connectivity index (χ0n) is 22.1. The topological polar surface area (TPSA) is 96.8 Å². The first-order valence-electron chi connectivity index (χ1n) is 13.7. The number of nitrogens with zero attached hydrogens (tertiary/aromatic N) is 4. The number of benzene rings is 2. The Labute approximate surface area is 227 Å². The predicted octanol–water partition coefficient (Wildman–Crippen LogP) is 3.38. The van der Waals surface area contributed by atoms with Gasteiger partial charge >= 0.3 is 0 Å². The predicted molar refractivity (Wildman–Crippen MR) is 144 cm³/mol. The molecule has 3 aromatic rings. The maximum Gasteiger partial charge on any atom is 0.255 e. The molecule has 0 aliphatic carbocycles. The molecule has 1 aromatic heterocycles. The summed E-state index contributed by atoms with van der Waals surface area (Å²) in [5, 5.41) is 2.35. The van der Waals surface area contributed by atoms with Crippen LogP contribution in [-0.2, 0) is 22.7 Å². The minimum Gasteiger partial charge on any atom is -0.492 e. The van der Waals surface area contributed by atoms with E-state index < -0.39 is 11.9 Å². The van der Waals surface area contributed by atoms with E-state index in [0.717, 1.165) is 42.3 Å². The molecule has 1 unspecified atom stereocenters. The van der Waals surface area contributed by atoms with Gasteiger partial charge in [-0.3, -0.25) is 24.6 Å². The Hall–Kier alpha value is -3.98. The molecule has 39 heavy (non-hydrogen) atoms. The van der Waals surface area contributed by atoms with Crippen molar-refractivity contribution in [3.8, 4) is 11.4 Å². The summed E-state index contributed by atoms with van der Waals surface area (Å²) in [7, 11) is 0. The number of rotatable bonds is 7. The van der Waals surface area contributed by atoms with Crippen LogP contribution in [0.4, 0.5) is 0 Å². The molecule has 2 fully saturated rings. The van der Waals surface area contributed by atoms with Crippen molar-refractivity contribution in [3.05, 3.63) is 77.4 Å². The summed E-state index contributed by atoms with van der Waals surface area (Å²) >= 11 is 0. The molecule has 9 nitrogen and oxygen atoms in total. The Morgan fingerprint density at radius 2 is 1.90 bits per heavy atom. The lowest BCUT2D eigenvalue weighted by Gasteiger charge is -2.35. The number of nitrogens with one attached hydrogen (secondary N) is 1. The van der Waals surface area contributed by atoms with Crippen LogP contribution in [-0.4, -0.2) is 62.3 Å². The minimum absolute atomic E-state index is 0.168. The number of fused-ring (bicyclic) bond motifs is 1. The van der Waals surface area contributed by atoms with Gasteiger partial charge in [-0.2, -0.15) is 0 Å². The average molecular weight is 528 g/mol. The van der Waals surface area contributed by atoms with Crippen LogP contribution in [0, 0.1) is 6.92 Å². The molecule has 1 N–H and O–H groups in total. The van der Waals surface area contributed by atoms with Gasteiger partial charge in [-0.1, -0.05) is 18.6 Å². The lowest BCUT2D eigenvalue weighted by Crippen LogP contribution is -2.52. The molecule has 202 valence electrons. The molecule has 3 amide bonds. The number of hydrogen-bond donors (Lipinski definition) is 1. The Kier molecular flexibility index (Phi) is 6.91. The molecule has 3 aliphatic heterocycles. The van der Waals surface area contributed by atoms with Crippen molar-refractivity contribution in [1.82, 2.24) is 24.7 Å². The number of aryl methyl sites for hydroxylation is 1. The first kappa shape index (κ1) is 25.3. The molecule has 2 aromatic carbocycles. The largest absolute Gasteiger partial charge is 0.492 e. The van der Waals surface area contributed by atoms with E-state index in [9.17, 15) is 14.4 Å². The van der Waals surface area contributed by atoms with Gasteiger partial charge in [-0.25, -0.2) is 4.98 Å². The summed E-state index contributed by atoms with van der Waals surface area (Å²) in [6.45, 7) is 4.84. The first-order valence-corrected chi connectivity index (χ1v) is 13.7. The minimum atomic E-state index is -0.610. The van der Waals surface area contributed by atoms with Crippen LogP contribution in [0.3, 0.4) is 0 Å². The van der Waals surface area contributed by atoms with Gasteiger partial charge < -0.3 is 14.2 Å². The number of imide groups is 1. The highest BCUT2D eigenvalue weighted by molar-refractivity contribution is 6.05. The van der Waals surface area contributed by atoms with E-state index >= 15 is 0 Å². The van der Waals surface area contributed by atoms with Crippen LogP contribution < -0.4 is 10.1 Å². The number of aromatic nitrogens is 2. The van der Waals surface area contributed by atoms with E-state index in [1.807, 2.05) is 31.5 Å². The Balaban J connectivity index is 1.08. The number of hydrogen-bond acceptors (Lipinski definition) is 6. The monoisotopic (exact) mass is 527 g/mol. The molecule has 0 saturated carbocycles. The van der Waals surface area contributed by atoms with Crippen molar-refractivity contribution < 1.29 is 19.1 Å². The SMILES string of the molecule is Cc1nccn1-c1ccc(CN2CCCC[C@@H]2COc2ccc3c(c2)CN(C2CCC(=O)NC2=O)C3=O)cc1. The van der Waals surface area contributed by atoms with Gasteiger partial charge in [0.1, 0.15) is 24.2 Å². The molecule has 3 aliphatic rings. The zero-order valence-corrected chi connectivity index (χ0v) is 22.1. The Morgan fingerprint density at radius 3 is 2.67 bits per heavy atom. The van der Waals surface area contributed by atoms with Gasteiger partial charge in [0.25, 0.3) is 5.91 Å². The summed E-state index contributed by atoms with van der Waals surface area (Å²) in [5.74, 6) is 0.855. The lowest BCUT2D eigenvalue weighted by molar-refractivity contribution is -0.136. The highest BCUT2D eigenvalue weighted by Gasteiger charge is 2.39. The molecule has 6 rings (SSSR count). The van der Waals surface area contributed by atoms with Crippen LogP contribution in [0.5, 0.6) is 5.75 Å². The molecule has 2 saturated heterocycles. The fraction of sp³-hybridized carbons (Fsp3) is 0.400. The molecule has 4 heterocycles. The average Bonchev–Trinajstić information content (AvgIpc) is 3.51. The van der Waals surface area contributed by atoms with E-state index in [4.69, 9.17) is 4.74 Å². The number of piperidine rings is 2. The van der Waals surface area contributed by atoms with Gasteiger partial charge in [0, 0.05) is 49.2 Å². The summed E-state index contributed by atoms with van der Waals surface area (Å²) in [4.78, 5) is 45.2. The number of carbonyl (C=O) groups is 3. The molecular formula is C30H33N5O4. The Morgan fingerprint density at radius 1 is 1.05 bits per heavy atom. The fourth-order valence-corrected chi connectivity index (χ4v) is 5.94. The van der Waals surface area contributed by atoms with Crippen LogP contribution in [0.1, 0.15) is 59.4 Å². The maximum atomic E-state index is 13.0. The van der Waals surface area contributed by atoms with Crippen LogP contribution in [0.2, 0.25) is 0 Å². The van der Waals surface area contributed by atoms with Crippen molar-refractivity contribution >= 4 is 17.7 Å². The van der Waals surface area contributed by atoms with E-state index in [1.54, 1.807) is 11.0 Å². The highest BCUT2D eigenvalue weighted by Crippen LogP contribution is 2.31. The van der Waals surface area contributed by atoms with Crippen molar-refractivity contribution in [1.29, 1.82) is 0 Å². The molecule has 9 heteroatoms. The number of ether oxygens (including phenoxy) is 1. The van der Waals surface area contributed by atoms with Gasteiger partial charge in [0.2, 0.25) is 11.8 Å². The second kappa shape index (κ2) is 10.6. The standard InChI is InChI=1S/C30H33N5O4/c1-20-31-13-15-34(20)23-7-5-21(6-8-23)17-33-14-3-2-4-24(33)19-39-25-9-10-26-22(16-25)18-35(30(26)38)27-11-12-28(36)32-29(27)37/h5-10,13,15-16,24,27H,2-4,11-12,14,17-19H2,1H3,(H,32,36,37)/t24-,27?/m1/s1. The van der Waals surface area contributed by atoms with Gasteiger partial charge in [-0.05, 0) is 74.2 Å². The summed E-state index contributed by atoms with van der Waals surface area (Å²) in [5.41, 5.74) is 3.84. The van der Waals surface area contributed by atoms with Crippen molar-refractivity contribution in [2.45, 2.75) is 64.2 Å². The first-order chi connectivity index (χ1) is 19.0. The van der Waals surface area contributed by atoms with E-state index in [1.165, 1.54) is 18.4 Å². The van der Waals surface area contributed by atoms with Crippen molar-refractivity contribution in [3.63, 3.8) is 0 Å². The van der Waals surface area contributed by atoms with Gasteiger partial charge in [0.05, 0.1) is 0 Å². The number of imidazole rings is 1. The second-order valence-corrected chi connectivity index (χ2v) is 10.7. The lowest BCUT2D eigenvalue weighted by atomic mass is 10.0. The van der Waals surface area contributed by atoms with E-state index in [0.29, 0.717) is 31.2 Å². The zero-order chi connectivity index (χ0) is 26.9.